The minimum atomic E-state index is -1.20. The predicted molar refractivity (Wildman–Crippen MR) is 136 cm³/mol. The number of aliphatic hydroxyl groups excluding tert-OH is 1. The van der Waals surface area contributed by atoms with E-state index in [0.29, 0.717) is 24.3 Å². The van der Waals surface area contributed by atoms with Crippen molar-refractivity contribution in [1.82, 2.24) is 5.32 Å². The van der Waals surface area contributed by atoms with E-state index in [9.17, 15) is 14.4 Å². The number of hydrogen-bond acceptors (Lipinski definition) is 4. The van der Waals surface area contributed by atoms with Gasteiger partial charge in [0.25, 0.3) is 0 Å². The SMILES string of the molecule is CCC1CC1CC(C)C#CC1C=CC(C(=O)CC(C)C[C@](C)(C(=O)CCCO)C(=O)NC)=CC1. The summed E-state index contributed by atoms with van der Waals surface area (Å²) in [7, 11) is 1.52. The highest BCUT2D eigenvalue weighted by atomic mass is 16.3. The number of amides is 1. The van der Waals surface area contributed by atoms with Crippen LogP contribution in [-0.4, -0.2) is 36.2 Å². The molecule has 0 aliphatic heterocycles. The lowest BCUT2D eigenvalue weighted by Crippen LogP contribution is -2.44. The number of hydrogen-bond donors (Lipinski definition) is 2. The number of carbonyl (C=O) groups excluding carboxylic acids is 3. The maximum atomic E-state index is 12.9. The third-order valence-electron chi connectivity index (χ3n) is 7.38. The number of carbonyl (C=O) groups is 3. The van der Waals surface area contributed by atoms with Crippen molar-refractivity contribution in [1.29, 1.82) is 0 Å². The predicted octanol–water partition coefficient (Wildman–Crippen LogP) is 4.64. The van der Waals surface area contributed by atoms with E-state index in [2.05, 4.69) is 31.0 Å². The molecule has 5 unspecified atom stereocenters. The second-order valence-corrected chi connectivity index (χ2v) is 10.5. The van der Waals surface area contributed by atoms with Crippen LogP contribution in [0.15, 0.2) is 23.8 Å². The highest BCUT2D eigenvalue weighted by Crippen LogP contribution is 2.45. The van der Waals surface area contributed by atoms with Crippen LogP contribution in [0.2, 0.25) is 0 Å². The topological polar surface area (TPSA) is 83.5 Å². The molecular weight excluding hydrogens is 426 g/mol. The molecule has 0 heterocycles. The van der Waals surface area contributed by atoms with E-state index in [-0.39, 0.29) is 48.8 Å². The molecule has 0 spiro atoms. The first-order chi connectivity index (χ1) is 16.1. The molecule has 5 nitrogen and oxygen atoms in total. The molecule has 6 atom stereocenters. The first kappa shape index (κ1) is 28.1. The minimum Gasteiger partial charge on any atom is -0.396 e. The number of allylic oxidation sites excluding steroid dienone is 4. The van der Waals surface area contributed by atoms with Crippen molar-refractivity contribution in [3.05, 3.63) is 23.8 Å². The van der Waals surface area contributed by atoms with Crippen LogP contribution in [0.5, 0.6) is 0 Å². The second kappa shape index (κ2) is 13.0. The van der Waals surface area contributed by atoms with Crippen LogP contribution in [-0.2, 0) is 14.4 Å². The number of Topliss-reactive ketones (excluding diaryl/α,β-unsaturated/α-hetero) is 2. The molecule has 2 aliphatic rings. The molecule has 5 heteroatoms. The summed E-state index contributed by atoms with van der Waals surface area (Å²) >= 11 is 0. The molecule has 188 valence electrons. The summed E-state index contributed by atoms with van der Waals surface area (Å²) in [4.78, 5) is 38.0. The quantitative estimate of drug-likeness (QED) is 0.304. The van der Waals surface area contributed by atoms with Crippen molar-refractivity contribution >= 4 is 17.5 Å². The Labute approximate surface area is 205 Å². The summed E-state index contributed by atoms with van der Waals surface area (Å²) in [6.45, 7) is 7.93. The summed E-state index contributed by atoms with van der Waals surface area (Å²) in [6, 6.07) is 0. The third-order valence-corrected chi connectivity index (χ3v) is 7.38. The van der Waals surface area contributed by atoms with Gasteiger partial charge in [0, 0.05) is 43.9 Å². The molecule has 0 aromatic rings. The van der Waals surface area contributed by atoms with Gasteiger partial charge < -0.3 is 10.4 Å². The Morgan fingerprint density at radius 1 is 1.26 bits per heavy atom. The van der Waals surface area contributed by atoms with E-state index < -0.39 is 5.41 Å². The summed E-state index contributed by atoms with van der Waals surface area (Å²) in [5, 5.41) is 11.6. The Kier molecular flexibility index (Phi) is 10.8. The van der Waals surface area contributed by atoms with Gasteiger partial charge in [-0.15, -0.1) is 0 Å². The normalized spacial score (nSPS) is 24.6. The maximum absolute atomic E-state index is 12.9. The first-order valence-electron chi connectivity index (χ1n) is 12.9. The molecule has 0 saturated heterocycles. The van der Waals surface area contributed by atoms with Crippen LogP contribution in [0.4, 0.5) is 0 Å². The van der Waals surface area contributed by atoms with Crippen molar-refractivity contribution in [2.75, 3.05) is 13.7 Å². The van der Waals surface area contributed by atoms with E-state index in [1.165, 1.54) is 26.3 Å². The lowest BCUT2D eigenvalue weighted by atomic mass is 9.74. The number of ketones is 2. The summed E-state index contributed by atoms with van der Waals surface area (Å²) in [6.07, 6.45) is 11.5. The molecule has 0 aromatic heterocycles. The Morgan fingerprint density at radius 3 is 2.56 bits per heavy atom. The lowest BCUT2D eigenvalue weighted by molar-refractivity contribution is -0.142. The zero-order chi connectivity index (χ0) is 25.3. The summed E-state index contributed by atoms with van der Waals surface area (Å²) < 4.78 is 0. The van der Waals surface area contributed by atoms with Crippen molar-refractivity contribution in [2.45, 2.75) is 79.1 Å². The lowest BCUT2D eigenvalue weighted by Gasteiger charge is -2.29. The molecular formula is C29H43NO4. The monoisotopic (exact) mass is 469 g/mol. The van der Waals surface area contributed by atoms with Gasteiger partial charge in [0.1, 0.15) is 11.2 Å². The van der Waals surface area contributed by atoms with E-state index in [1.54, 1.807) is 6.92 Å². The fourth-order valence-corrected chi connectivity index (χ4v) is 5.12. The second-order valence-electron chi connectivity index (χ2n) is 10.5. The molecule has 0 aromatic carbocycles. The van der Waals surface area contributed by atoms with Crippen LogP contribution in [0.3, 0.4) is 0 Å². The summed E-state index contributed by atoms with van der Waals surface area (Å²) in [5.74, 6) is 8.49. The van der Waals surface area contributed by atoms with Crippen molar-refractivity contribution in [3.8, 4) is 11.8 Å². The minimum absolute atomic E-state index is 0.0323. The van der Waals surface area contributed by atoms with Crippen molar-refractivity contribution in [3.63, 3.8) is 0 Å². The fraction of sp³-hybridized carbons (Fsp3) is 0.690. The van der Waals surface area contributed by atoms with Crippen LogP contribution in [0, 0.1) is 46.8 Å². The molecule has 2 aliphatic carbocycles. The highest BCUT2D eigenvalue weighted by molar-refractivity contribution is 6.05. The van der Waals surface area contributed by atoms with Gasteiger partial charge in [0.2, 0.25) is 5.91 Å². The van der Waals surface area contributed by atoms with Gasteiger partial charge in [-0.25, -0.2) is 0 Å². The smallest absolute Gasteiger partial charge is 0.233 e. The average Bonchev–Trinajstić information content (AvgIpc) is 3.58. The number of nitrogens with one attached hydrogen (secondary N) is 1. The molecule has 2 N–H and O–H groups in total. The van der Waals surface area contributed by atoms with E-state index in [4.69, 9.17) is 5.11 Å². The van der Waals surface area contributed by atoms with Gasteiger partial charge in [-0.1, -0.05) is 57.3 Å². The standard InChI is InChI=1S/C29H43NO4/c1-6-23-18-25(23)16-20(2)9-10-22-11-13-24(14-12-22)26(32)17-21(3)19-29(4,28(34)30-5)27(33)8-7-15-31/h11,13-14,20-23,25,31H,6-8,12,15-19H2,1-5H3,(H,30,34)/t20?,21?,22?,23?,25?,29-/m1/s1. The number of rotatable bonds is 13. The van der Waals surface area contributed by atoms with Gasteiger partial charge in [-0.3, -0.25) is 14.4 Å². The molecule has 34 heavy (non-hydrogen) atoms. The Hall–Kier alpha value is -2.19. The van der Waals surface area contributed by atoms with E-state index >= 15 is 0 Å². The Balaban J connectivity index is 1.87. The third kappa shape index (κ3) is 7.94. The zero-order valence-electron chi connectivity index (χ0n) is 21.7. The molecule has 0 bridgehead atoms. The van der Waals surface area contributed by atoms with Gasteiger partial charge in [0.05, 0.1) is 0 Å². The number of aliphatic hydroxyl groups is 1. The van der Waals surface area contributed by atoms with Crippen LogP contribution >= 0.6 is 0 Å². The largest absolute Gasteiger partial charge is 0.396 e. The van der Waals surface area contributed by atoms with Crippen LogP contribution in [0.1, 0.15) is 79.1 Å². The molecule has 1 fully saturated rings. The van der Waals surface area contributed by atoms with Gasteiger partial charge >= 0.3 is 0 Å². The fourth-order valence-electron chi connectivity index (χ4n) is 5.12. The zero-order valence-corrected chi connectivity index (χ0v) is 21.7. The Bertz CT molecular complexity index is 861. The first-order valence-corrected chi connectivity index (χ1v) is 12.9. The van der Waals surface area contributed by atoms with E-state index in [0.717, 1.165) is 18.3 Å². The molecule has 1 saturated carbocycles. The van der Waals surface area contributed by atoms with Gasteiger partial charge in [-0.2, -0.15) is 0 Å². The van der Waals surface area contributed by atoms with Gasteiger partial charge in [0.15, 0.2) is 5.78 Å². The maximum Gasteiger partial charge on any atom is 0.233 e. The van der Waals surface area contributed by atoms with E-state index in [1.807, 2.05) is 25.2 Å². The average molecular weight is 470 g/mol. The highest BCUT2D eigenvalue weighted by Gasteiger charge is 2.41. The van der Waals surface area contributed by atoms with Crippen molar-refractivity contribution < 1.29 is 19.5 Å². The summed E-state index contributed by atoms with van der Waals surface area (Å²) in [5.41, 5.74) is -0.509. The molecule has 1 amide bonds. The molecule has 0 radical (unpaired) electrons. The van der Waals surface area contributed by atoms with Crippen LogP contribution in [0.25, 0.3) is 0 Å². The van der Waals surface area contributed by atoms with Gasteiger partial charge in [-0.05, 0) is 56.8 Å². The molecule has 2 rings (SSSR count). The van der Waals surface area contributed by atoms with Crippen LogP contribution < -0.4 is 5.32 Å². The Morgan fingerprint density at radius 2 is 2.00 bits per heavy atom. The van der Waals surface area contributed by atoms with Crippen molar-refractivity contribution in [2.24, 2.45) is 35.0 Å².